The number of benzene rings is 1. The van der Waals surface area contributed by atoms with E-state index in [2.05, 4.69) is 5.32 Å². The fourth-order valence-electron chi connectivity index (χ4n) is 2.75. The molecule has 1 aromatic carbocycles. The summed E-state index contributed by atoms with van der Waals surface area (Å²) in [4.78, 5) is 25.6. The summed E-state index contributed by atoms with van der Waals surface area (Å²) < 4.78 is 25.1. The number of halogens is 1. The Morgan fingerprint density at radius 2 is 2.15 bits per heavy atom. The van der Waals surface area contributed by atoms with Crippen LogP contribution in [0, 0.1) is 5.92 Å². The van der Waals surface area contributed by atoms with Gasteiger partial charge in [0.15, 0.2) is 0 Å². The van der Waals surface area contributed by atoms with Crippen molar-refractivity contribution in [3.8, 4) is 0 Å². The van der Waals surface area contributed by atoms with Crippen LogP contribution in [0.25, 0.3) is 0 Å². The van der Waals surface area contributed by atoms with Crippen molar-refractivity contribution in [3.05, 3.63) is 51.2 Å². The van der Waals surface area contributed by atoms with Crippen LogP contribution >= 0.6 is 22.9 Å². The molecule has 0 aliphatic carbocycles. The first kappa shape index (κ1) is 18.9. The molecule has 0 bridgehead atoms. The molecule has 0 saturated carbocycles. The van der Waals surface area contributed by atoms with E-state index in [1.54, 1.807) is 18.3 Å². The Kier molecular flexibility index (Phi) is 5.36. The molecule has 1 saturated heterocycles. The van der Waals surface area contributed by atoms with Crippen molar-refractivity contribution in [1.29, 1.82) is 0 Å². The predicted octanol–water partition coefficient (Wildman–Crippen LogP) is 2.69. The molecule has 6 nitrogen and oxygen atoms in total. The van der Waals surface area contributed by atoms with Gasteiger partial charge in [-0.15, -0.1) is 11.3 Å². The zero-order chi connectivity index (χ0) is 18.9. The Morgan fingerprint density at radius 1 is 1.38 bits per heavy atom. The van der Waals surface area contributed by atoms with Gasteiger partial charge in [-0.2, -0.15) is 0 Å². The number of carbonyl (C=O) groups is 2. The third-order valence-corrected chi connectivity index (χ3v) is 7.15. The molecule has 2 aromatic rings. The van der Waals surface area contributed by atoms with Crippen molar-refractivity contribution in [1.82, 2.24) is 5.32 Å². The predicted molar refractivity (Wildman–Crippen MR) is 102 cm³/mol. The minimum absolute atomic E-state index is 0.0960. The topological polar surface area (TPSA) is 83.6 Å². The monoisotopic (exact) mass is 412 g/mol. The van der Waals surface area contributed by atoms with Gasteiger partial charge in [0, 0.05) is 11.4 Å². The maximum absolute atomic E-state index is 12.3. The molecule has 1 N–H and O–H groups in total. The third kappa shape index (κ3) is 3.77. The summed E-state index contributed by atoms with van der Waals surface area (Å²) >= 11 is 7.78. The van der Waals surface area contributed by atoms with Crippen molar-refractivity contribution < 1.29 is 18.0 Å². The highest BCUT2D eigenvalue weighted by Crippen LogP contribution is 2.31. The highest BCUT2D eigenvalue weighted by atomic mass is 35.5. The molecule has 1 fully saturated rings. The van der Waals surface area contributed by atoms with Crippen molar-refractivity contribution >= 4 is 50.5 Å². The summed E-state index contributed by atoms with van der Waals surface area (Å²) in [5, 5.41) is 4.85. The number of anilines is 1. The second-order valence-corrected chi connectivity index (χ2v) is 9.33. The number of hydrogen-bond donors (Lipinski definition) is 1. The molecule has 0 spiro atoms. The van der Waals surface area contributed by atoms with E-state index >= 15 is 0 Å². The Balaban J connectivity index is 1.73. The normalized spacial score (nSPS) is 18.9. The molecule has 2 heterocycles. The Labute approximate surface area is 160 Å². The molecule has 3 rings (SSSR count). The van der Waals surface area contributed by atoms with Crippen molar-refractivity contribution in [2.24, 2.45) is 5.92 Å². The van der Waals surface area contributed by atoms with Gasteiger partial charge in [0.05, 0.1) is 27.9 Å². The molecule has 1 aliphatic heterocycles. The van der Waals surface area contributed by atoms with Crippen LogP contribution in [-0.4, -0.2) is 32.5 Å². The van der Waals surface area contributed by atoms with Crippen molar-refractivity contribution in [3.63, 3.8) is 0 Å². The lowest BCUT2D eigenvalue weighted by atomic mass is 10.1. The number of nitrogens with one attached hydrogen (secondary N) is 1. The fraction of sp³-hybridized carbons (Fsp3) is 0.294. The first-order valence-electron chi connectivity index (χ1n) is 7.96. The van der Waals surface area contributed by atoms with Crippen LogP contribution in [0.1, 0.15) is 22.2 Å². The van der Waals surface area contributed by atoms with Gasteiger partial charge >= 0.3 is 0 Å². The lowest BCUT2D eigenvalue weighted by Gasteiger charge is -2.16. The summed E-state index contributed by atoms with van der Waals surface area (Å²) in [5.74, 6) is -1.66. The van der Waals surface area contributed by atoms with E-state index in [0.717, 1.165) is 10.7 Å². The zero-order valence-corrected chi connectivity index (χ0v) is 16.3. The molecular formula is C17H17ClN2O4S2. The Morgan fingerprint density at radius 3 is 2.73 bits per heavy atom. The van der Waals surface area contributed by atoms with E-state index in [4.69, 9.17) is 11.6 Å². The van der Waals surface area contributed by atoms with E-state index in [0.29, 0.717) is 6.54 Å². The van der Waals surface area contributed by atoms with Crippen molar-refractivity contribution in [2.45, 2.75) is 13.3 Å². The van der Waals surface area contributed by atoms with Crippen LogP contribution in [0.3, 0.4) is 0 Å². The van der Waals surface area contributed by atoms with Crippen LogP contribution in [0.4, 0.5) is 5.69 Å². The number of hydrogen-bond acceptors (Lipinski definition) is 5. The van der Waals surface area contributed by atoms with Gasteiger partial charge in [0.25, 0.3) is 5.91 Å². The van der Waals surface area contributed by atoms with E-state index in [-0.39, 0.29) is 27.9 Å². The molecule has 9 heteroatoms. The summed E-state index contributed by atoms with van der Waals surface area (Å²) in [5.41, 5.74) is 0.387. The first-order valence-corrected chi connectivity index (χ1v) is 10.8. The van der Waals surface area contributed by atoms with Gasteiger partial charge in [-0.25, -0.2) is 12.7 Å². The molecule has 1 aromatic heterocycles. The molecular weight excluding hydrogens is 396 g/mol. The van der Waals surface area contributed by atoms with Gasteiger partial charge in [0.1, 0.15) is 0 Å². The van der Waals surface area contributed by atoms with Crippen LogP contribution in [0.5, 0.6) is 0 Å². The van der Waals surface area contributed by atoms with Gasteiger partial charge in [-0.1, -0.05) is 24.6 Å². The average Bonchev–Trinajstić information content (AvgIpc) is 3.13. The summed E-state index contributed by atoms with van der Waals surface area (Å²) in [6.07, 6.45) is 0.720. The Bertz CT molecular complexity index is 942. The summed E-state index contributed by atoms with van der Waals surface area (Å²) in [6, 6.07) is 8.14. The SMILES string of the molecule is C[C@H]1CS(=O)(=O)N(c2ccc(C(=O)NCCc3cccs3)c(Cl)c2)C1=O. The third-order valence-electron chi connectivity index (χ3n) is 4.03. The molecule has 0 radical (unpaired) electrons. The molecule has 2 amide bonds. The van der Waals surface area contributed by atoms with E-state index in [1.807, 2.05) is 17.5 Å². The highest BCUT2D eigenvalue weighted by Gasteiger charge is 2.42. The minimum Gasteiger partial charge on any atom is -0.352 e. The van der Waals surface area contributed by atoms with Crippen LogP contribution in [0.15, 0.2) is 35.7 Å². The van der Waals surface area contributed by atoms with E-state index in [1.165, 1.54) is 23.1 Å². The summed E-state index contributed by atoms with van der Waals surface area (Å²) in [6.45, 7) is 2.03. The zero-order valence-electron chi connectivity index (χ0n) is 13.9. The first-order chi connectivity index (χ1) is 12.3. The second-order valence-electron chi connectivity index (χ2n) is 6.03. The van der Waals surface area contributed by atoms with E-state index < -0.39 is 21.8 Å². The van der Waals surface area contributed by atoms with Crippen molar-refractivity contribution in [2.75, 3.05) is 16.6 Å². The molecule has 1 atom stereocenters. The Hall–Kier alpha value is -1.90. The maximum Gasteiger partial charge on any atom is 0.252 e. The largest absolute Gasteiger partial charge is 0.352 e. The van der Waals surface area contributed by atoms with Crippen LogP contribution in [-0.2, 0) is 21.2 Å². The second kappa shape index (κ2) is 7.38. The van der Waals surface area contributed by atoms with Gasteiger partial charge in [-0.05, 0) is 36.1 Å². The van der Waals surface area contributed by atoms with Crippen LogP contribution in [0.2, 0.25) is 5.02 Å². The highest BCUT2D eigenvalue weighted by molar-refractivity contribution is 7.94. The molecule has 138 valence electrons. The maximum atomic E-state index is 12.3. The van der Waals surface area contributed by atoms with E-state index in [9.17, 15) is 18.0 Å². The number of nitrogens with zero attached hydrogens (tertiary/aromatic N) is 1. The lowest BCUT2D eigenvalue weighted by Crippen LogP contribution is -2.30. The van der Waals surface area contributed by atoms with Gasteiger partial charge in [0.2, 0.25) is 15.9 Å². The average molecular weight is 413 g/mol. The number of rotatable bonds is 5. The molecule has 1 aliphatic rings. The quantitative estimate of drug-likeness (QED) is 0.818. The molecule has 26 heavy (non-hydrogen) atoms. The van der Waals surface area contributed by atoms with Gasteiger partial charge < -0.3 is 5.32 Å². The molecule has 0 unspecified atom stereocenters. The fourth-order valence-corrected chi connectivity index (χ4v) is 5.53. The van der Waals surface area contributed by atoms with Gasteiger partial charge in [-0.3, -0.25) is 9.59 Å². The number of carbonyl (C=O) groups excluding carboxylic acids is 2. The number of sulfonamides is 1. The lowest BCUT2D eigenvalue weighted by molar-refractivity contribution is -0.119. The smallest absolute Gasteiger partial charge is 0.252 e. The number of amides is 2. The standard InChI is InChI=1S/C17H17ClN2O4S2/c1-11-10-26(23,24)20(17(11)22)12-4-5-14(15(18)9-12)16(21)19-7-6-13-3-2-8-25-13/h2-5,8-9,11H,6-7,10H2,1H3,(H,19,21)/t11-/m0/s1. The van der Waals surface area contributed by atoms with Crippen LogP contribution < -0.4 is 9.62 Å². The number of thiophene rings is 1. The minimum atomic E-state index is -3.70. The summed E-state index contributed by atoms with van der Waals surface area (Å²) in [7, 11) is -3.70.